The molecule has 0 saturated carbocycles. The molecule has 0 aromatic carbocycles. The number of hydrogen-bond acceptors (Lipinski definition) is 3. The Hall–Kier alpha value is 0.270. The number of rotatable bonds is 6. The lowest BCUT2D eigenvalue weighted by atomic mass is 10.3. The second-order valence-electron chi connectivity index (χ2n) is 2.44. The molecular formula is C7H18N2S. The van der Waals surface area contributed by atoms with Gasteiger partial charge in [-0.05, 0) is 31.9 Å². The summed E-state index contributed by atoms with van der Waals surface area (Å²) in [5, 5.41) is 3.33. The number of nitrogens with two attached hydrogens (primary N) is 1. The molecule has 0 heterocycles. The monoisotopic (exact) mass is 162 g/mol. The van der Waals surface area contributed by atoms with Crippen LogP contribution < -0.4 is 11.1 Å². The molecule has 0 aromatic rings. The van der Waals surface area contributed by atoms with Gasteiger partial charge in [0.05, 0.1) is 0 Å². The molecule has 0 aliphatic rings. The second-order valence-corrected chi connectivity index (χ2v) is 3.42. The molecule has 3 heteroatoms. The molecule has 0 saturated heterocycles. The Morgan fingerprint density at radius 2 is 2.30 bits per heavy atom. The van der Waals surface area contributed by atoms with Gasteiger partial charge in [0.25, 0.3) is 0 Å². The van der Waals surface area contributed by atoms with E-state index < -0.39 is 0 Å². The fourth-order valence-corrected chi connectivity index (χ4v) is 1.08. The molecule has 0 spiro atoms. The van der Waals surface area contributed by atoms with Crippen LogP contribution in [0.25, 0.3) is 0 Å². The van der Waals surface area contributed by atoms with Crippen LogP contribution in [0.3, 0.4) is 0 Å². The first-order chi connectivity index (χ1) is 4.81. The van der Waals surface area contributed by atoms with Gasteiger partial charge in [-0.25, -0.2) is 0 Å². The summed E-state index contributed by atoms with van der Waals surface area (Å²) in [6.45, 7) is 3.94. The molecule has 0 aliphatic carbocycles. The minimum Gasteiger partial charge on any atom is -0.329 e. The van der Waals surface area contributed by atoms with E-state index in [9.17, 15) is 0 Å². The van der Waals surface area contributed by atoms with Crippen LogP contribution >= 0.6 is 11.8 Å². The van der Waals surface area contributed by atoms with E-state index >= 15 is 0 Å². The summed E-state index contributed by atoms with van der Waals surface area (Å²) in [4.78, 5) is 0. The highest BCUT2D eigenvalue weighted by molar-refractivity contribution is 7.98. The van der Waals surface area contributed by atoms with E-state index in [1.165, 1.54) is 12.2 Å². The quantitative estimate of drug-likeness (QED) is 0.564. The lowest BCUT2D eigenvalue weighted by Gasteiger charge is -2.09. The van der Waals surface area contributed by atoms with Crippen molar-refractivity contribution < 1.29 is 0 Å². The fraction of sp³-hybridized carbons (Fsp3) is 1.00. The molecule has 0 aliphatic heterocycles. The van der Waals surface area contributed by atoms with E-state index in [4.69, 9.17) is 5.73 Å². The Labute approximate surface area is 67.9 Å². The molecule has 62 valence electrons. The van der Waals surface area contributed by atoms with E-state index in [0.717, 1.165) is 13.1 Å². The molecule has 0 radical (unpaired) electrons. The van der Waals surface area contributed by atoms with Crippen molar-refractivity contribution >= 4 is 11.8 Å². The van der Waals surface area contributed by atoms with Gasteiger partial charge in [-0.3, -0.25) is 0 Å². The van der Waals surface area contributed by atoms with Crippen LogP contribution in [0.5, 0.6) is 0 Å². The van der Waals surface area contributed by atoms with Crippen molar-refractivity contribution in [1.82, 2.24) is 5.32 Å². The molecule has 10 heavy (non-hydrogen) atoms. The van der Waals surface area contributed by atoms with Crippen LogP contribution in [0.15, 0.2) is 0 Å². The van der Waals surface area contributed by atoms with Crippen molar-refractivity contribution in [3.8, 4) is 0 Å². The van der Waals surface area contributed by atoms with Crippen molar-refractivity contribution in [2.24, 2.45) is 5.73 Å². The van der Waals surface area contributed by atoms with E-state index in [1.54, 1.807) is 0 Å². The first-order valence-electron chi connectivity index (χ1n) is 3.73. The number of nitrogens with one attached hydrogen (secondary N) is 1. The van der Waals surface area contributed by atoms with Crippen LogP contribution in [0.1, 0.15) is 13.3 Å². The van der Waals surface area contributed by atoms with Gasteiger partial charge in [0.1, 0.15) is 0 Å². The summed E-state index contributed by atoms with van der Waals surface area (Å²) in [5.41, 5.74) is 5.42. The van der Waals surface area contributed by atoms with Gasteiger partial charge in [-0.1, -0.05) is 0 Å². The Bertz CT molecular complexity index is 68.6. The van der Waals surface area contributed by atoms with Gasteiger partial charge < -0.3 is 11.1 Å². The fourth-order valence-electron chi connectivity index (χ4n) is 0.648. The highest BCUT2D eigenvalue weighted by Gasteiger charge is 1.94. The zero-order chi connectivity index (χ0) is 7.82. The third kappa shape index (κ3) is 6.39. The van der Waals surface area contributed by atoms with Gasteiger partial charge in [0.2, 0.25) is 0 Å². The lowest BCUT2D eigenvalue weighted by molar-refractivity contribution is 0.555. The molecule has 0 rings (SSSR count). The summed E-state index contributed by atoms with van der Waals surface area (Å²) in [6, 6.07) is 0.474. The van der Waals surface area contributed by atoms with Crippen LogP contribution in [-0.4, -0.2) is 31.1 Å². The van der Waals surface area contributed by atoms with Crippen LogP contribution in [0.2, 0.25) is 0 Å². The van der Waals surface area contributed by atoms with Gasteiger partial charge in [0.15, 0.2) is 0 Å². The maximum absolute atomic E-state index is 5.42. The van der Waals surface area contributed by atoms with Crippen LogP contribution in [-0.2, 0) is 0 Å². The highest BCUT2D eigenvalue weighted by atomic mass is 32.2. The van der Waals surface area contributed by atoms with E-state index in [1.807, 2.05) is 11.8 Å². The SMILES string of the molecule is CSCCCNC(C)CN. The van der Waals surface area contributed by atoms with Crippen molar-refractivity contribution in [3.05, 3.63) is 0 Å². The standard InChI is InChI=1S/C7H18N2S/c1-7(6-8)9-4-3-5-10-2/h7,9H,3-6,8H2,1-2H3. The lowest BCUT2D eigenvalue weighted by Crippen LogP contribution is -2.33. The van der Waals surface area contributed by atoms with Crippen molar-refractivity contribution in [2.45, 2.75) is 19.4 Å². The third-order valence-corrected chi connectivity index (χ3v) is 2.07. The molecule has 1 atom stereocenters. The minimum atomic E-state index is 0.474. The number of thioether (sulfide) groups is 1. The average Bonchev–Trinajstić information content (AvgIpc) is 1.98. The van der Waals surface area contributed by atoms with Crippen molar-refractivity contribution in [2.75, 3.05) is 25.1 Å². The Balaban J connectivity index is 2.89. The molecule has 0 bridgehead atoms. The molecular weight excluding hydrogens is 144 g/mol. The van der Waals surface area contributed by atoms with Gasteiger partial charge >= 0.3 is 0 Å². The van der Waals surface area contributed by atoms with E-state index in [0.29, 0.717) is 6.04 Å². The summed E-state index contributed by atoms with van der Waals surface area (Å²) < 4.78 is 0. The third-order valence-electron chi connectivity index (χ3n) is 1.37. The van der Waals surface area contributed by atoms with Crippen LogP contribution in [0, 0.1) is 0 Å². The summed E-state index contributed by atoms with van der Waals surface area (Å²) in [7, 11) is 0. The summed E-state index contributed by atoms with van der Waals surface area (Å²) in [6.07, 6.45) is 3.37. The maximum Gasteiger partial charge on any atom is 0.0161 e. The van der Waals surface area contributed by atoms with Gasteiger partial charge in [0, 0.05) is 12.6 Å². The average molecular weight is 162 g/mol. The summed E-state index contributed by atoms with van der Waals surface area (Å²) in [5.74, 6) is 1.24. The summed E-state index contributed by atoms with van der Waals surface area (Å²) >= 11 is 1.89. The Kier molecular flexibility index (Phi) is 7.58. The predicted octanol–water partition coefficient (Wildman–Crippen LogP) is 0.676. The van der Waals surface area contributed by atoms with E-state index in [-0.39, 0.29) is 0 Å². The largest absolute Gasteiger partial charge is 0.329 e. The molecule has 1 unspecified atom stereocenters. The smallest absolute Gasteiger partial charge is 0.0161 e. The first-order valence-corrected chi connectivity index (χ1v) is 5.13. The first kappa shape index (κ1) is 10.3. The van der Waals surface area contributed by atoms with Crippen molar-refractivity contribution in [3.63, 3.8) is 0 Å². The molecule has 3 N–H and O–H groups in total. The second kappa shape index (κ2) is 7.38. The van der Waals surface area contributed by atoms with Crippen LogP contribution in [0.4, 0.5) is 0 Å². The molecule has 0 fully saturated rings. The topological polar surface area (TPSA) is 38.0 Å². The molecule has 0 amide bonds. The van der Waals surface area contributed by atoms with Gasteiger partial charge in [-0.2, -0.15) is 11.8 Å². The predicted molar refractivity (Wildman–Crippen MR) is 49.5 cm³/mol. The van der Waals surface area contributed by atoms with Crippen molar-refractivity contribution in [1.29, 1.82) is 0 Å². The Morgan fingerprint density at radius 3 is 2.80 bits per heavy atom. The number of hydrogen-bond donors (Lipinski definition) is 2. The van der Waals surface area contributed by atoms with Gasteiger partial charge in [-0.15, -0.1) is 0 Å². The zero-order valence-corrected chi connectivity index (χ0v) is 7.71. The maximum atomic E-state index is 5.42. The normalized spacial score (nSPS) is 13.5. The molecule has 2 nitrogen and oxygen atoms in total. The Morgan fingerprint density at radius 1 is 1.60 bits per heavy atom. The van der Waals surface area contributed by atoms with E-state index in [2.05, 4.69) is 18.5 Å². The highest BCUT2D eigenvalue weighted by Crippen LogP contribution is 1.93. The zero-order valence-electron chi connectivity index (χ0n) is 6.89. The molecule has 0 aromatic heterocycles. The minimum absolute atomic E-state index is 0.474.